The van der Waals surface area contributed by atoms with Gasteiger partial charge in [-0.1, -0.05) is 23.7 Å². The lowest BCUT2D eigenvalue weighted by Crippen LogP contribution is -2.34. The maximum Gasteiger partial charge on any atom is 0.152 e. The molecule has 1 fully saturated rings. The molecule has 0 aromatic heterocycles. The van der Waals surface area contributed by atoms with Gasteiger partial charge in [-0.3, -0.25) is 0 Å². The van der Waals surface area contributed by atoms with E-state index in [0.29, 0.717) is 5.02 Å². The molecule has 0 unspecified atom stereocenters. The number of nitrogens with two attached hydrogens (primary N) is 1. The molecule has 1 aliphatic rings. The second-order valence-electron chi connectivity index (χ2n) is 4.55. The summed E-state index contributed by atoms with van der Waals surface area (Å²) < 4.78 is 23.2. The molecule has 0 radical (unpaired) electrons. The Labute approximate surface area is 105 Å². The number of aliphatic hydroxyl groups excluding tert-OH is 1. The van der Waals surface area contributed by atoms with Gasteiger partial charge in [-0.05, 0) is 17.7 Å². The quantitative estimate of drug-likeness (QED) is 0.844. The lowest BCUT2D eigenvalue weighted by atomic mass is 10.1. The third-order valence-corrected chi connectivity index (χ3v) is 5.15. The van der Waals surface area contributed by atoms with Crippen LogP contribution in [0.3, 0.4) is 0 Å². The zero-order valence-corrected chi connectivity index (χ0v) is 10.9. The van der Waals surface area contributed by atoms with Crippen molar-refractivity contribution in [1.29, 1.82) is 0 Å². The zero-order valence-electron chi connectivity index (χ0n) is 9.30. The second-order valence-corrected chi connectivity index (χ2v) is 7.15. The Kier molecular flexibility index (Phi) is 2.98. The molecule has 0 aliphatic heterocycles. The number of rotatable bonds is 3. The molecule has 0 amide bonds. The topological polar surface area (TPSA) is 80.4 Å². The van der Waals surface area contributed by atoms with Crippen molar-refractivity contribution in [3.8, 4) is 0 Å². The van der Waals surface area contributed by atoms with E-state index in [-0.39, 0.29) is 12.5 Å². The van der Waals surface area contributed by atoms with Gasteiger partial charge in [0.2, 0.25) is 0 Å². The Morgan fingerprint density at radius 2 is 1.94 bits per heavy atom. The molecule has 0 bridgehead atoms. The van der Waals surface area contributed by atoms with Gasteiger partial charge in [0.1, 0.15) is 0 Å². The first-order valence-corrected chi connectivity index (χ1v) is 7.48. The molecular weight excluding hydrogens is 262 g/mol. The second kappa shape index (κ2) is 3.95. The van der Waals surface area contributed by atoms with Gasteiger partial charge in [0.15, 0.2) is 9.84 Å². The smallest absolute Gasteiger partial charge is 0.152 e. The third kappa shape index (κ3) is 2.08. The van der Waals surface area contributed by atoms with E-state index in [2.05, 4.69) is 0 Å². The molecule has 3 atom stereocenters. The highest BCUT2D eigenvalue weighted by Crippen LogP contribution is 2.53. The number of halogens is 1. The molecular formula is C11H14ClNO3S. The summed E-state index contributed by atoms with van der Waals surface area (Å²) in [5.74, 6) is -0.361. The fraction of sp³-hybridized carbons (Fsp3) is 0.455. The molecule has 1 aliphatic carbocycles. The summed E-state index contributed by atoms with van der Waals surface area (Å²) in [6.07, 6.45) is 1.14. The van der Waals surface area contributed by atoms with Gasteiger partial charge in [-0.2, -0.15) is 0 Å². The van der Waals surface area contributed by atoms with E-state index < -0.39 is 20.6 Å². The highest BCUT2D eigenvalue weighted by atomic mass is 35.5. The maximum absolute atomic E-state index is 11.6. The van der Waals surface area contributed by atoms with Crippen LogP contribution in [0, 0.1) is 0 Å². The fourth-order valence-electron chi connectivity index (χ4n) is 2.41. The van der Waals surface area contributed by atoms with Crippen LogP contribution in [-0.2, 0) is 9.84 Å². The average Bonchev–Trinajstić information content (AvgIpc) is 2.87. The van der Waals surface area contributed by atoms with Gasteiger partial charge in [0.05, 0.1) is 17.4 Å². The maximum atomic E-state index is 11.6. The molecule has 94 valence electrons. The SMILES string of the molecule is CS(=O)(=O)[C@@H]1[C@@H](c2ccc(Cl)cc2)[C@]1(N)CO. The Morgan fingerprint density at radius 3 is 2.29 bits per heavy atom. The summed E-state index contributed by atoms with van der Waals surface area (Å²) in [6.45, 7) is -0.349. The molecule has 1 aromatic carbocycles. The van der Waals surface area contributed by atoms with Crippen LogP contribution in [0.15, 0.2) is 24.3 Å². The molecule has 3 N–H and O–H groups in total. The molecule has 1 saturated carbocycles. The number of sulfone groups is 1. The first kappa shape index (κ1) is 12.8. The zero-order chi connectivity index (χ0) is 12.8. The Bertz CT molecular complexity index is 528. The van der Waals surface area contributed by atoms with Crippen molar-refractivity contribution < 1.29 is 13.5 Å². The largest absolute Gasteiger partial charge is 0.394 e. The first-order valence-electron chi connectivity index (χ1n) is 5.15. The molecule has 1 aromatic rings. The number of aliphatic hydroxyl groups is 1. The van der Waals surface area contributed by atoms with Crippen LogP contribution >= 0.6 is 11.6 Å². The summed E-state index contributed by atoms with van der Waals surface area (Å²) in [7, 11) is -3.27. The standard InChI is InChI=1S/C11H14ClNO3S/c1-17(15,16)10-9(11(10,13)6-14)7-2-4-8(12)5-3-7/h2-5,9-10,14H,6,13H2,1H3/t9-,10-,11-/m1/s1. The molecule has 0 heterocycles. The van der Waals surface area contributed by atoms with E-state index in [1.165, 1.54) is 0 Å². The molecule has 2 rings (SSSR count). The minimum absolute atomic E-state index is 0.349. The average molecular weight is 276 g/mol. The van der Waals surface area contributed by atoms with Gasteiger partial charge < -0.3 is 10.8 Å². The van der Waals surface area contributed by atoms with E-state index >= 15 is 0 Å². The summed E-state index contributed by atoms with van der Waals surface area (Å²) in [5.41, 5.74) is 5.65. The highest BCUT2D eigenvalue weighted by Gasteiger charge is 2.67. The van der Waals surface area contributed by atoms with Crippen molar-refractivity contribution in [3.63, 3.8) is 0 Å². The summed E-state index contributed by atoms with van der Waals surface area (Å²) in [6, 6.07) is 6.86. The van der Waals surface area contributed by atoms with Crippen LogP contribution in [0.5, 0.6) is 0 Å². The van der Waals surface area contributed by atoms with Crippen molar-refractivity contribution in [2.24, 2.45) is 5.73 Å². The number of hydrogen-bond donors (Lipinski definition) is 2. The van der Waals surface area contributed by atoms with E-state index in [9.17, 15) is 13.5 Å². The monoisotopic (exact) mass is 275 g/mol. The van der Waals surface area contributed by atoms with Crippen LogP contribution in [0.2, 0.25) is 5.02 Å². The van der Waals surface area contributed by atoms with Crippen molar-refractivity contribution in [3.05, 3.63) is 34.9 Å². The van der Waals surface area contributed by atoms with Gasteiger partial charge >= 0.3 is 0 Å². The van der Waals surface area contributed by atoms with Gasteiger partial charge in [0.25, 0.3) is 0 Å². The van der Waals surface area contributed by atoms with Crippen LogP contribution < -0.4 is 5.73 Å². The molecule has 17 heavy (non-hydrogen) atoms. The van der Waals surface area contributed by atoms with Gasteiger partial charge in [-0.25, -0.2) is 8.42 Å². The number of benzene rings is 1. The molecule has 6 heteroatoms. The van der Waals surface area contributed by atoms with Crippen LogP contribution in [0.25, 0.3) is 0 Å². The van der Waals surface area contributed by atoms with Crippen molar-refractivity contribution in [2.75, 3.05) is 12.9 Å². The predicted octanol–water partition coefficient (Wildman–Crippen LogP) is 0.540. The minimum Gasteiger partial charge on any atom is -0.394 e. The van der Waals surface area contributed by atoms with Gasteiger partial charge in [-0.15, -0.1) is 0 Å². The van der Waals surface area contributed by atoms with E-state index in [1.807, 2.05) is 0 Å². The highest BCUT2D eigenvalue weighted by molar-refractivity contribution is 7.91. The summed E-state index contributed by atoms with van der Waals surface area (Å²) >= 11 is 5.77. The van der Waals surface area contributed by atoms with Crippen molar-refractivity contribution >= 4 is 21.4 Å². The predicted molar refractivity (Wildman–Crippen MR) is 66.8 cm³/mol. The van der Waals surface area contributed by atoms with Gasteiger partial charge in [0, 0.05) is 17.2 Å². The fourth-order valence-corrected chi connectivity index (χ4v) is 4.38. The minimum atomic E-state index is -3.27. The Hall–Kier alpha value is -0.620. The lowest BCUT2D eigenvalue weighted by molar-refractivity contribution is 0.253. The van der Waals surface area contributed by atoms with E-state index in [1.54, 1.807) is 24.3 Å². The molecule has 4 nitrogen and oxygen atoms in total. The van der Waals surface area contributed by atoms with Crippen molar-refractivity contribution in [2.45, 2.75) is 16.7 Å². The third-order valence-electron chi connectivity index (χ3n) is 3.27. The summed E-state index contributed by atoms with van der Waals surface area (Å²) in [5, 5.41) is 9.13. The lowest BCUT2D eigenvalue weighted by Gasteiger charge is -2.06. The van der Waals surface area contributed by atoms with E-state index in [4.69, 9.17) is 17.3 Å². The number of hydrogen-bond acceptors (Lipinski definition) is 4. The summed E-state index contributed by atoms with van der Waals surface area (Å²) in [4.78, 5) is 0. The van der Waals surface area contributed by atoms with Crippen LogP contribution in [-0.4, -0.2) is 37.2 Å². The Morgan fingerprint density at radius 1 is 1.41 bits per heavy atom. The van der Waals surface area contributed by atoms with E-state index in [0.717, 1.165) is 11.8 Å². The normalized spacial score (nSPS) is 32.5. The first-order chi connectivity index (χ1) is 7.80. The molecule has 0 spiro atoms. The van der Waals surface area contributed by atoms with Crippen molar-refractivity contribution in [1.82, 2.24) is 0 Å². The van der Waals surface area contributed by atoms with Crippen LogP contribution in [0.4, 0.5) is 0 Å². The molecule has 0 saturated heterocycles. The Balaban J connectivity index is 2.37. The van der Waals surface area contributed by atoms with Crippen LogP contribution in [0.1, 0.15) is 11.5 Å².